The van der Waals surface area contributed by atoms with Crippen LogP contribution in [0.4, 0.5) is 0 Å². The number of benzene rings is 2. The van der Waals surface area contributed by atoms with Gasteiger partial charge in [0, 0.05) is 13.0 Å². The van der Waals surface area contributed by atoms with E-state index >= 15 is 0 Å². The Labute approximate surface area is 151 Å². The molecular weight excluding hydrogens is 332 g/mol. The van der Waals surface area contributed by atoms with Crippen LogP contribution in [-0.2, 0) is 27.5 Å². The van der Waals surface area contributed by atoms with E-state index in [1.165, 1.54) is 0 Å². The second-order valence-electron chi connectivity index (χ2n) is 6.10. The molecule has 2 amide bonds. The third kappa shape index (κ3) is 4.55. The molecule has 1 saturated heterocycles. The summed E-state index contributed by atoms with van der Waals surface area (Å²) in [6.07, 6.45) is 0.815. The molecule has 0 radical (unpaired) electrons. The monoisotopic (exact) mass is 352 g/mol. The SMILES string of the molecule is O=C1CC[C@H](NCc2ccccc2COC(=O)c2ccccc2)C(=O)N1. The van der Waals surface area contributed by atoms with Crippen molar-refractivity contribution in [3.63, 3.8) is 0 Å². The van der Waals surface area contributed by atoms with Gasteiger partial charge in [0.1, 0.15) is 6.61 Å². The summed E-state index contributed by atoms with van der Waals surface area (Å²) in [7, 11) is 0. The Balaban J connectivity index is 1.58. The van der Waals surface area contributed by atoms with E-state index in [0.717, 1.165) is 11.1 Å². The van der Waals surface area contributed by atoms with E-state index in [9.17, 15) is 14.4 Å². The highest BCUT2D eigenvalue weighted by molar-refractivity contribution is 6.00. The summed E-state index contributed by atoms with van der Waals surface area (Å²) < 4.78 is 5.39. The molecule has 0 aliphatic carbocycles. The summed E-state index contributed by atoms with van der Waals surface area (Å²) in [5.41, 5.74) is 2.32. The van der Waals surface area contributed by atoms with Crippen LogP contribution in [0.2, 0.25) is 0 Å². The quantitative estimate of drug-likeness (QED) is 0.613. The van der Waals surface area contributed by atoms with Crippen LogP contribution >= 0.6 is 0 Å². The van der Waals surface area contributed by atoms with Gasteiger partial charge in [-0.3, -0.25) is 14.9 Å². The second-order valence-corrected chi connectivity index (χ2v) is 6.10. The molecule has 0 saturated carbocycles. The van der Waals surface area contributed by atoms with Crippen molar-refractivity contribution in [3.8, 4) is 0 Å². The fourth-order valence-electron chi connectivity index (χ4n) is 2.79. The minimum atomic E-state index is -0.396. The predicted octanol–water partition coefficient (Wildman–Crippen LogP) is 1.94. The van der Waals surface area contributed by atoms with Crippen molar-refractivity contribution >= 4 is 17.8 Å². The lowest BCUT2D eigenvalue weighted by Gasteiger charge is -2.22. The van der Waals surface area contributed by atoms with Crippen molar-refractivity contribution in [1.29, 1.82) is 0 Å². The van der Waals surface area contributed by atoms with Crippen LogP contribution in [0.5, 0.6) is 0 Å². The Morgan fingerprint density at radius 1 is 1.04 bits per heavy atom. The molecule has 0 unspecified atom stereocenters. The Hall–Kier alpha value is -2.99. The number of rotatable bonds is 6. The van der Waals surface area contributed by atoms with Gasteiger partial charge in [0.25, 0.3) is 0 Å². The number of imide groups is 1. The van der Waals surface area contributed by atoms with Crippen molar-refractivity contribution in [2.75, 3.05) is 0 Å². The van der Waals surface area contributed by atoms with Crippen LogP contribution in [0, 0.1) is 0 Å². The summed E-state index contributed by atoms with van der Waals surface area (Å²) in [6.45, 7) is 0.603. The fraction of sp³-hybridized carbons (Fsp3) is 0.250. The van der Waals surface area contributed by atoms with Gasteiger partial charge >= 0.3 is 5.97 Å². The number of carbonyl (C=O) groups excluding carboxylic acids is 3. The maximum atomic E-state index is 12.1. The number of esters is 1. The molecule has 2 aromatic carbocycles. The van der Waals surface area contributed by atoms with Gasteiger partial charge in [0.15, 0.2) is 0 Å². The van der Waals surface area contributed by atoms with Gasteiger partial charge in [-0.1, -0.05) is 42.5 Å². The Morgan fingerprint density at radius 2 is 1.73 bits per heavy atom. The first-order valence-electron chi connectivity index (χ1n) is 8.49. The summed E-state index contributed by atoms with van der Waals surface area (Å²) in [4.78, 5) is 35.1. The van der Waals surface area contributed by atoms with Crippen molar-refractivity contribution in [3.05, 3.63) is 71.3 Å². The zero-order valence-electron chi connectivity index (χ0n) is 14.2. The van der Waals surface area contributed by atoms with Crippen LogP contribution < -0.4 is 10.6 Å². The van der Waals surface area contributed by atoms with E-state index in [2.05, 4.69) is 10.6 Å². The third-order valence-corrected chi connectivity index (χ3v) is 4.26. The van der Waals surface area contributed by atoms with Gasteiger partial charge in [-0.25, -0.2) is 4.79 Å². The molecule has 1 aliphatic heterocycles. The second kappa shape index (κ2) is 8.40. The van der Waals surface area contributed by atoms with Gasteiger partial charge in [-0.05, 0) is 29.7 Å². The van der Waals surface area contributed by atoms with Crippen LogP contribution in [0.15, 0.2) is 54.6 Å². The van der Waals surface area contributed by atoms with E-state index in [1.54, 1.807) is 24.3 Å². The molecule has 134 valence electrons. The molecule has 2 N–H and O–H groups in total. The smallest absolute Gasteiger partial charge is 0.338 e. The summed E-state index contributed by atoms with van der Waals surface area (Å²) in [6, 6.07) is 16.0. The number of ether oxygens (including phenoxy) is 1. The Morgan fingerprint density at radius 3 is 2.46 bits per heavy atom. The number of hydrogen-bond acceptors (Lipinski definition) is 5. The number of amides is 2. The van der Waals surface area contributed by atoms with Crippen LogP contribution in [-0.4, -0.2) is 23.8 Å². The largest absolute Gasteiger partial charge is 0.457 e. The minimum absolute atomic E-state index is 0.154. The zero-order valence-corrected chi connectivity index (χ0v) is 14.2. The first-order chi connectivity index (χ1) is 12.6. The van der Waals surface area contributed by atoms with Crippen LogP contribution in [0.1, 0.15) is 34.3 Å². The summed E-state index contributed by atoms with van der Waals surface area (Å²) in [5, 5.41) is 5.49. The maximum Gasteiger partial charge on any atom is 0.338 e. The van der Waals surface area contributed by atoms with E-state index < -0.39 is 6.04 Å². The molecule has 3 rings (SSSR count). The number of nitrogens with one attached hydrogen (secondary N) is 2. The highest BCUT2D eigenvalue weighted by Gasteiger charge is 2.26. The van der Waals surface area contributed by atoms with Crippen LogP contribution in [0.3, 0.4) is 0 Å². The van der Waals surface area contributed by atoms with Gasteiger partial charge < -0.3 is 10.1 Å². The Bertz CT molecular complexity index is 804. The number of piperidine rings is 1. The average Bonchev–Trinajstić information content (AvgIpc) is 2.67. The molecule has 26 heavy (non-hydrogen) atoms. The number of carbonyl (C=O) groups is 3. The maximum absolute atomic E-state index is 12.1. The molecule has 1 heterocycles. The first-order valence-corrected chi connectivity index (χ1v) is 8.49. The summed E-state index contributed by atoms with van der Waals surface area (Å²) >= 11 is 0. The predicted molar refractivity (Wildman–Crippen MR) is 95.0 cm³/mol. The van der Waals surface area contributed by atoms with Crippen molar-refractivity contribution in [2.24, 2.45) is 0 Å². The zero-order chi connectivity index (χ0) is 18.4. The topological polar surface area (TPSA) is 84.5 Å². The molecule has 0 bridgehead atoms. The van der Waals surface area contributed by atoms with Crippen molar-refractivity contribution in [2.45, 2.75) is 32.0 Å². The molecule has 0 aromatic heterocycles. The molecule has 0 spiro atoms. The van der Waals surface area contributed by atoms with Gasteiger partial charge in [-0.2, -0.15) is 0 Å². The minimum Gasteiger partial charge on any atom is -0.457 e. The first kappa shape index (κ1) is 17.8. The van der Waals surface area contributed by atoms with Gasteiger partial charge in [-0.15, -0.1) is 0 Å². The molecule has 1 fully saturated rings. The lowest BCUT2D eigenvalue weighted by atomic mass is 10.0. The van der Waals surface area contributed by atoms with E-state index in [1.807, 2.05) is 30.3 Å². The summed E-state index contributed by atoms with van der Waals surface area (Å²) in [5.74, 6) is -0.908. The fourth-order valence-corrected chi connectivity index (χ4v) is 2.79. The van der Waals surface area contributed by atoms with Crippen molar-refractivity contribution < 1.29 is 19.1 Å². The standard InChI is InChI=1S/C20H20N2O4/c23-18-11-10-17(19(24)22-18)21-12-15-8-4-5-9-16(15)13-26-20(25)14-6-2-1-3-7-14/h1-9,17,21H,10-13H2,(H,22,23,24)/t17-/m0/s1. The Kier molecular flexibility index (Phi) is 5.76. The highest BCUT2D eigenvalue weighted by atomic mass is 16.5. The molecule has 6 nitrogen and oxygen atoms in total. The van der Waals surface area contributed by atoms with Crippen LogP contribution in [0.25, 0.3) is 0 Å². The van der Waals surface area contributed by atoms with E-state index in [0.29, 0.717) is 24.9 Å². The molecule has 1 atom stereocenters. The van der Waals surface area contributed by atoms with Gasteiger partial charge in [0.2, 0.25) is 11.8 Å². The van der Waals surface area contributed by atoms with E-state index in [-0.39, 0.29) is 24.4 Å². The van der Waals surface area contributed by atoms with Gasteiger partial charge in [0.05, 0.1) is 11.6 Å². The molecule has 1 aliphatic rings. The third-order valence-electron chi connectivity index (χ3n) is 4.26. The number of hydrogen-bond donors (Lipinski definition) is 2. The molecule has 6 heteroatoms. The highest BCUT2D eigenvalue weighted by Crippen LogP contribution is 2.13. The van der Waals surface area contributed by atoms with Crippen molar-refractivity contribution in [1.82, 2.24) is 10.6 Å². The normalized spacial score (nSPS) is 16.8. The molecular formula is C20H20N2O4. The lowest BCUT2D eigenvalue weighted by Crippen LogP contribution is -2.50. The molecule has 2 aromatic rings. The lowest BCUT2D eigenvalue weighted by molar-refractivity contribution is -0.134. The van der Waals surface area contributed by atoms with E-state index in [4.69, 9.17) is 4.74 Å². The average molecular weight is 352 g/mol.